The third kappa shape index (κ3) is 5.85. The summed E-state index contributed by atoms with van der Waals surface area (Å²) in [6, 6.07) is 26.7. The van der Waals surface area contributed by atoms with Crippen LogP contribution in [-0.4, -0.2) is 36.1 Å². The van der Waals surface area contributed by atoms with E-state index in [1.807, 2.05) is 72.8 Å². The highest BCUT2D eigenvalue weighted by atomic mass is 32.2. The van der Waals surface area contributed by atoms with Crippen molar-refractivity contribution < 1.29 is 23.1 Å². The van der Waals surface area contributed by atoms with E-state index in [4.69, 9.17) is 18.3 Å². The molecule has 5 rings (SSSR count). The van der Waals surface area contributed by atoms with Crippen molar-refractivity contribution in [1.82, 2.24) is 10.2 Å². The lowest BCUT2D eigenvalue weighted by molar-refractivity contribution is -0.113. The fourth-order valence-corrected chi connectivity index (χ4v) is 4.70. The van der Waals surface area contributed by atoms with Crippen molar-refractivity contribution in [2.75, 3.05) is 25.3 Å². The van der Waals surface area contributed by atoms with E-state index in [0.29, 0.717) is 35.1 Å². The van der Waals surface area contributed by atoms with Crippen LogP contribution in [0.15, 0.2) is 92.9 Å². The molecule has 40 heavy (non-hydrogen) atoms. The first-order valence-electron chi connectivity index (χ1n) is 12.2. The molecule has 0 unspecified atom stereocenters. The number of nitrogens with zero attached hydrogens (tertiary/aromatic N) is 3. The summed E-state index contributed by atoms with van der Waals surface area (Å²) in [6.07, 6.45) is 0.391. The van der Waals surface area contributed by atoms with E-state index in [1.165, 1.54) is 0 Å². The molecule has 200 valence electrons. The predicted molar refractivity (Wildman–Crippen MR) is 150 cm³/mol. The molecule has 2 heterocycles. The van der Waals surface area contributed by atoms with Gasteiger partial charge in [-0.1, -0.05) is 78.5 Å². The lowest BCUT2D eigenvalue weighted by Gasteiger charge is -2.08. The van der Waals surface area contributed by atoms with Crippen molar-refractivity contribution in [2.45, 2.75) is 11.6 Å². The molecule has 0 aliphatic carbocycles. The maximum Gasteiger partial charge on any atom is 0.277 e. The Morgan fingerprint density at radius 1 is 0.925 bits per heavy atom. The minimum absolute atomic E-state index is 0.0229. The number of hydrogen-bond acceptors (Lipinski definition) is 9. The molecule has 0 bridgehead atoms. The SMILES string of the molecule is COc1ccc(Cc2nnc(SCC(=O)Nc3oc(-c4ccccc4)c(-c4ccccc4)c3C#N)o2)cc1OC. The Bertz CT molecular complexity index is 1660. The topological polar surface area (TPSA) is 123 Å². The van der Waals surface area contributed by atoms with Gasteiger partial charge in [0, 0.05) is 11.1 Å². The molecule has 1 N–H and O–H groups in total. The summed E-state index contributed by atoms with van der Waals surface area (Å²) < 4.78 is 22.4. The Hall–Kier alpha value is -5.01. The second-order valence-electron chi connectivity index (χ2n) is 8.52. The Kier molecular flexibility index (Phi) is 8.13. The number of aromatic nitrogens is 2. The summed E-state index contributed by atoms with van der Waals surface area (Å²) >= 11 is 1.09. The first-order chi connectivity index (χ1) is 19.6. The first kappa shape index (κ1) is 26.6. The zero-order valence-corrected chi connectivity index (χ0v) is 22.5. The van der Waals surface area contributed by atoms with Crippen LogP contribution in [0.5, 0.6) is 11.5 Å². The Balaban J connectivity index is 1.29. The van der Waals surface area contributed by atoms with E-state index < -0.39 is 0 Å². The molecular formula is C30H24N4O5S. The average Bonchev–Trinajstić information content (AvgIpc) is 3.60. The standard InChI is InChI=1S/C30H24N4O5S/c1-36-23-14-13-19(15-24(23)37-2)16-26-33-34-30(38-26)40-18-25(35)32-29-22(17-31)27(20-9-5-3-6-10-20)28(39-29)21-11-7-4-8-12-21/h3-15H,16,18H2,1-2H3,(H,32,35). The van der Waals surface area contributed by atoms with Gasteiger partial charge in [0.1, 0.15) is 17.4 Å². The molecule has 2 aromatic heterocycles. The molecule has 3 aromatic carbocycles. The van der Waals surface area contributed by atoms with Crippen molar-refractivity contribution in [3.05, 3.63) is 95.9 Å². The number of nitrogens with one attached hydrogen (secondary N) is 1. The number of nitriles is 1. The molecule has 0 aliphatic heterocycles. The van der Waals surface area contributed by atoms with Gasteiger partial charge in [-0.15, -0.1) is 10.2 Å². The summed E-state index contributed by atoms with van der Waals surface area (Å²) in [5.41, 5.74) is 3.37. The predicted octanol–water partition coefficient (Wildman–Crippen LogP) is 6.21. The van der Waals surface area contributed by atoms with E-state index in [1.54, 1.807) is 20.3 Å². The van der Waals surface area contributed by atoms with Gasteiger partial charge in [-0.3, -0.25) is 10.1 Å². The normalized spacial score (nSPS) is 10.6. The number of furan rings is 1. The van der Waals surface area contributed by atoms with E-state index in [9.17, 15) is 10.1 Å². The van der Waals surface area contributed by atoms with E-state index >= 15 is 0 Å². The molecule has 0 spiro atoms. The van der Waals surface area contributed by atoms with Crippen LogP contribution >= 0.6 is 11.8 Å². The van der Waals surface area contributed by atoms with Crippen LogP contribution in [0, 0.1) is 11.3 Å². The van der Waals surface area contributed by atoms with E-state index in [-0.39, 0.29) is 28.3 Å². The average molecular weight is 553 g/mol. The van der Waals surface area contributed by atoms with Gasteiger partial charge in [0.05, 0.1) is 26.4 Å². The van der Waals surface area contributed by atoms with E-state index in [2.05, 4.69) is 21.6 Å². The summed E-state index contributed by atoms with van der Waals surface area (Å²) in [6.45, 7) is 0. The molecule has 10 heteroatoms. The fourth-order valence-electron chi connectivity index (χ4n) is 4.12. The highest BCUT2D eigenvalue weighted by Gasteiger charge is 2.24. The zero-order chi connectivity index (χ0) is 27.9. The molecule has 9 nitrogen and oxygen atoms in total. The van der Waals surface area contributed by atoms with Gasteiger partial charge in [-0.05, 0) is 23.3 Å². The lowest BCUT2D eigenvalue weighted by Crippen LogP contribution is -2.14. The third-order valence-electron chi connectivity index (χ3n) is 5.95. The summed E-state index contributed by atoms with van der Waals surface area (Å²) in [5, 5.41) is 21.1. The van der Waals surface area contributed by atoms with Gasteiger partial charge in [0.25, 0.3) is 5.22 Å². The summed E-state index contributed by atoms with van der Waals surface area (Å²) in [4.78, 5) is 12.9. The van der Waals surface area contributed by atoms with Crippen LogP contribution in [0.1, 0.15) is 17.0 Å². The van der Waals surface area contributed by atoms with Crippen molar-refractivity contribution in [3.63, 3.8) is 0 Å². The molecule has 0 atom stereocenters. The highest BCUT2D eigenvalue weighted by Crippen LogP contribution is 2.41. The number of rotatable bonds is 10. The van der Waals surface area contributed by atoms with Crippen LogP contribution in [0.3, 0.4) is 0 Å². The number of anilines is 1. The number of methoxy groups -OCH3 is 2. The van der Waals surface area contributed by atoms with Crippen LogP contribution in [0.4, 0.5) is 5.88 Å². The minimum atomic E-state index is -0.380. The number of hydrogen-bond donors (Lipinski definition) is 1. The van der Waals surface area contributed by atoms with Gasteiger partial charge in [-0.2, -0.15) is 5.26 Å². The van der Waals surface area contributed by atoms with Crippen LogP contribution in [0.25, 0.3) is 22.5 Å². The number of carbonyl (C=O) groups excluding carboxylic acids is 1. The van der Waals surface area contributed by atoms with E-state index in [0.717, 1.165) is 28.5 Å². The molecule has 0 fully saturated rings. The highest BCUT2D eigenvalue weighted by molar-refractivity contribution is 7.99. The van der Waals surface area contributed by atoms with Crippen LogP contribution in [-0.2, 0) is 11.2 Å². The molecule has 5 aromatic rings. The van der Waals surface area contributed by atoms with Gasteiger partial charge < -0.3 is 18.3 Å². The van der Waals surface area contributed by atoms with Gasteiger partial charge in [0.2, 0.25) is 17.7 Å². The second kappa shape index (κ2) is 12.2. The summed E-state index contributed by atoms with van der Waals surface area (Å²) in [7, 11) is 3.15. The van der Waals surface area contributed by atoms with Crippen molar-refractivity contribution >= 4 is 23.6 Å². The van der Waals surface area contributed by atoms with Crippen LogP contribution in [0.2, 0.25) is 0 Å². The molecule has 0 saturated carbocycles. The molecule has 0 radical (unpaired) electrons. The van der Waals surface area contributed by atoms with Crippen LogP contribution < -0.4 is 14.8 Å². The van der Waals surface area contributed by atoms with Crippen molar-refractivity contribution in [3.8, 4) is 40.0 Å². The first-order valence-corrected chi connectivity index (χ1v) is 13.2. The number of thioether (sulfide) groups is 1. The lowest BCUT2D eigenvalue weighted by atomic mass is 9.98. The molecule has 0 saturated heterocycles. The zero-order valence-electron chi connectivity index (χ0n) is 21.7. The Morgan fingerprint density at radius 2 is 1.62 bits per heavy atom. The summed E-state index contributed by atoms with van der Waals surface area (Å²) in [5.74, 6) is 1.81. The second-order valence-corrected chi connectivity index (χ2v) is 9.45. The fraction of sp³-hybridized carbons (Fsp3) is 0.133. The van der Waals surface area contributed by atoms with Crippen molar-refractivity contribution in [1.29, 1.82) is 5.26 Å². The van der Waals surface area contributed by atoms with Gasteiger partial charge in [0.15, 0.2) is 11.5 Å². The smallest absolute Gasteiger partial charge is 0.277 e. The third-order valence-corrected chi connectivity index (χ3v) is 6.77. The Labute approximate surface area is 234 Å². The molecule has 1 amide bonds. The number of amides is 1. The molecular weight excluding hydrogens is 528 g/mol. The quantitative estimate of drug-likeness (QED) is 0.201. The van der Waals surface area contributed by atoms with Gasteiger partial charge in [-0.25, -0.2) is 0 Å². The maximum atomic E-state index is 12.9. The molecule has 0 aliphatic rings. The van der Waals surface area contributed by atoms with Crippen molar-refractivity contribution in [2.24, 2.45) is 0 Å². The number of ether oxygens (including phenoxy) is 2. The maximum absolute atomic E-state index is 12.9. The number of benzene rings is 3. The minimum Gasteiger partial charge on any atom is -0.493 e. The number of carbonyl (C=O) groups is 1. The van der Waals surface area contributed by atoms with Gasteiger partial charge >= 0.3 is 0 Å². The largest absolute Gasteiger partial charge is 0.493 e. The Morgan fingerprint density at radius 3 is 2.30 bits per heavy atom. The monoisotopic (exact) mass is 552 g/mol.